The van der Waals surface area contributed by atoms with Crippen LogP contribution in [-0.4, -0.2) is 38.8 Å². The number of rotatable bonds is 3. The fraction of sp³-hybridized carbons (Fsp3) is 0.533. The third-order valence-corrected chi connectivity index (χ3v) is 3.66. The number of methoxy groups -OCH3 is 1. The Hall–Kier alpha value is -1.55. The van der Waals surface area contributed by atoms with Crippen LogP contribution in [-0.2, 0) is 4.74 Å². The number of anilines is 1. The van der Waals surface area contributed by atoms with E-state index in [2.05, 4.69) is 24.1 Å². The van der Waals surface area contributed by atoms with E-state index >= 15 is 0 Å². The predicted molar refractivity (Wildman–Crippen MR) is 76.6 cm³/mol. The van der Waals surface area contributed by atoms with E-state index in [1.807, 2.05) is 24.3 Å². The molecule has 1 aliphatic heterocycles. The first-order valence-electron chi connectivity index (χ1n) is 6.79. The Kier molecular flexibility index (Phi) is 4.43. The Bertz CT molecular complexity index is 446. The monoisotopic (exact) mass is 262 g/mol. The van der Waals surface area contributed by atoms with Crippen molar-refractivity contribution in [2.24, 2.45) is 5.92 Å². The predicted octanol–water partition coefficient (Wildman–Crippen LogP) is 1.91. The number of nitrogens with one attached hydrogen (secondary N) is 1. The number of hydrogen-bond donors (Lipinski definition) is 1. The number of hydrogen-bond acceptors (Lipinski definition) is 4. The summed E-state index contributed by atoms with van der Waals surface area (Å²) in [5.74, 6) is 0.309. The van der Waals surface area contributed by atoms with E-state index < -0.39 is 0 Å². The first-order valence-corrected chi connectivity index (χ1v) is 6.79. The zero-order valence-electron chi connectivity index (χ0n) is 11.8. The van der Waals surface area contributed by atoms with Gasteiger partial charge in [-0.05, 0) is 18.1 Å². The van der Waals surface area contributed by atoms with Gasteiger partial charge in [0.2, 0.25) is 0 Å². The van der Waals surface area contributed by atoms with Crippen LogP contribution in [0.15, 0.2) is 24.3 Å². The van der Waals surface area contributed by atoms with E-state index in [0.717, 1.165) is 25.3 Å². The lowest BCUT2D eigenvalue weighted by molar-refractivity contribution is 0.0601. The molecule has 1 aromatic carbocycles. The van der Waals surface area contributed by atoms with Gasteiger partial charge in [0.05, 0.1) is 18.4 Å². The maximum Gasteiger partial charge on any atom is 0.339 e. The summed E-state index contributed by atoms with van der Waals surface area (Å²) in [5, 5.41) is 3.52. The van der Waals surface area contributed by atoms with E-state index in [4.69, 9.17) is 4.74 Å². The molecule has 1 aliphatic rings. The molecule has 2 rings (SSSR count). The average Bonchev–Trinajstić information content (AvgIpc) is 2.46. The number of carbonyl (C=O) groups is 1. The van der Waals surface area contributed by atoms with Crippen molar-refractivity contribution in [1.82, 2.24) is 5.32 Å². The van der Waals surface area contributed by atoms with Gasteiger partial charge in [0.15, 0.2) is 0 Å². The summed E-state index contributed by atoms with van der Waals surface area (Å²) in [6.45, 7) is 7.21. The lowest BCUT2D eigenvalue weighted by Crippen LogP contribution is -2.53. The lowest BCUT2D eigenvalue weighted by Gasteiger charge is -2.37. The Morgan fingerprint density at radius 2 is 2.16 bits per heavy atom. The van der Waals surface area contributed by atoms with Crippen molar-refractivity contribution in [2.45, 2.75) is 19.9 Å². The highest BCUT2D eigenvalue weighted by Gasteiger charge is 2.24. The van der Waals surface area contributed by atoms with Crippen molar-refractivity contribution < 1.29 is 9.53 Å². The number of ether oxygens (including phenoxy) is 1. The number of carbonyl (C=O) groups excluding carboxylic acids is 1. The normalized spacial score (nSPS) is 19.6. The maximum absolute atomic E-state index is 11.8. The van der Waals surface area contributed by atoms with Crippen LogP contribution in [0.2, 0.25) is 0 Å². The zero-order valence-corrected chi connectivity index (χ0v) is 11.8. The van der Waals surface area contributed by atoms with Crippen molar-refractivity contribution in [3.05, 3.63) is 29.8 Å². The molecule has 1 atom stereocenters. The Morgan fingerprint density at radius 3 is 2.84 bits per heavy atom. The highest BCUT2D eigenvalue weighted by Crippen LogP contribution is 2.23. The largest absolute Gasteiger partial charge is 0.465 e. The summed E-state index contributed by atoms with van der Waals surface area (Å²) >= 11 is 0. The van der Waals surface area contributed by atoms with Gasteiger partial charge in [0.25, 0.3) is 0 Å². The molecule has 0 unspecified atom stereocenters. The van der Waals surface area contributed by atoms with Crippen LogP contribution in [0.5, 0.6) is 0 Å². The van der Waals surface area contributed by atoms with Crippen LogP contribution in [0.4, 0.5) is 5.69 Å². The molecule has 0 aliphatic carbocycles. The molecule has 0 saturated carbocycles. The highest BCUT2D eigenvalue weighted by atomic mass is 16.5. The lowest BCUT2D eigenvalue weighted by atomic mass is 10.0. The second kappa shape index (κ2) is 6.06. The summed E-state index contributed by atoms with van der Waals surface area (Å²) in [7, 11) is 1.42. The molecule has 104 valence electrons. The molecule has 0 radical (unpaired) electrons. The second-order valence-electron chi connectivity index (χ2n) is 5.26. The van der Waals surface area contributed by atoms with Gasteiger partial charge in [-0.2, -0.15) is 0 Å². The van der Waals surface area contributed by atoms with E-state index in [9.17, 15) is 4.79 Å². The summed E-state index contributed by atoms with van der Waals surface area (Å²) in [5.41, 5.74) is 1.62. The van der Waals surface area contributed by atoms with Gasteiger partial charge in [-0.25, -0.2) is 4.79 Å². The third kappa shape index (κ3) is 3.07. The fourth-order valence-electron chi connectivity index (χ4n) is 2.48. The number of benzene rings is 1. The van der Waals surface area contributed by atoms with E-state index in [0.29, 0.717) is 17.5 Å². The van der Waals surface area contributed by atoms with Crippen LogP contribution in [0.25, 0.3) is 0 Å². The van der Waals surface area contributed by atoms with Gasteiger partial charge in [-0.3, -0.25) is 0 Å². The number of piperazine rings is 1. The van der Waals surface area contributed by atoms with Crippen LogP contribution in [0.3, 0.4) is 0 Å². The Labute approximate surface area is 114 Å². The molecule has 1 heterocycles. The van der Waals surface area contributed by atoms with E-state index in [1.165, 1.54) is 7.11 Å². The van der Waals surface area contributed by atoms with Crippen LogP contribution < -0.4 is 10.2 Å². The van der Waals surface area contributed by atoms with Crippen LogP contribution >= 0.6 is 0 Å². The topological polar surface area (TPSA) is 41.6 Å². The minimum Gasteiger partial charge on any atom is -0.465 e. The van der Waals surface area contributed by atoms with Crippen molar-refractivity contribution in [2.75, 3.05) is 31.6 Å². The summed E-state index contributed by atoms with van der Waals surface area (Å²) in [6.07, 6.45) is 0. The molecular weight excluding hydrogens is 240 g/mol. The molecule has 0 amide bonds. The molecule has 1 saturated heterocycles. The standard InChI is InChI=1S/C15H22N2O2/c1-11(2)13-10-17(9-8-16-13)14-7-5-4-6-12(14)15(18)19-3/h4-7,11,13,16H,8-10H2,1-3H3/t13-/m0/s1. The van der Waals surface area contributed by atoms with Gasteiger partial charge in [0.1, 0.15) is 0 Å². The quantitative estimate of drug-likeness (QED) is 0.845. The van der Waals surface area contributed by atoms with Gasteiger partial charge in [0, 0.05) is 25.7 Å². The first-order chi connectivity index (χ1) is 9.13. The van der Waals surface area contributed by atoms with Crippen LogP contribution in [0, 0.1) is 5.92 Å². The molecule has 0 aromatic heterocycles. The number of nitrogens with zero attached hydrogens (tertiary/aromatic N) is 1. The van der Waals surface area contributed by atoms with Crippen molar-refractivity contribution in [3.8, 4) is 0 Å². The summed E-state index contributed by atoms with van der Waals surface area (Å²) in [4.78, 5) is 14.1. The van der Waals surface area contributed by atoms with Crippen molar-refractivity contribution in [3.63, 3.8) is 0 Å². The molecule has 4 heteroatoms. The molecule has 19 heavy (non-hydrogen) atoms. The number of esters is 1. The number of para-hydroxylation sites is 1. The molecule has 1 N–H and O–H groups in total. The average molecular weight is 262 g/mol. The Balaban J connectivity index is 2.24. The Morgan fingerprint density at radius 1 is 1.42 bits per heavy atom. The zero-order chi connectivity index (χ0) is 13.8. The third-order valence-electron chi connectivity index (χ3n) is 3.66. The molecule has 0 spiro atoms. The van der Waals surface area contributed by atoms with Crippen molar-refractivity contribution >= 4 is 11.7 Å². The summed E-state index contributed by atoms with van der Waals surface area (Å²) < 4.78 is 4.86. The molecule has 4 nitrogen and oxygen atoms in total. The van der Waals surface area contributed by atoms with Gasteiger partial charge in [-0.15, -0.1) is 0 Å². The van der Waals surface area contributed by atoms with Crippen LogP contribution in [0.1, 0.15) is 24.2 Å². The van der Waals surface area contributed by atoms with Gasteiger partial charge >= 0.3 is 5.97 Å². The first kappa shape index (κ1) is 13.9. The minimum atomic E-state index is -0.268. The van der Waals surface area contributed by atoms with Crippen molar-refractivity contribution in [1.29, 1.82) is 0 Å². The van der Waals surface area contributed by atoms with Gasteiger partial charge in [-0.1, -0.05) is 26.0 Å². The minimum absolute atomic E-state index is 0.268. The SMILES string of the molecule is COC(=O)c1ccccc1N1CCN[C@H](C(C)C)C1. The maximum atomic E-state index is 11.8. The molecule has 1 fully saturated rings. The molecular formula is C15H22N2O2. The smallest absolute Gasteiger partial charge is 0.339 e. The highest BCUT2D eigenvalue weighted by molar-refractivity contribution is 5.95. The molecule has 0 bridgehead atoms. The fourth-order valence-corrected chi connectivity index (χ4v) is 2.48. The second-order valence-corrected chi connectivity index (χ2v) is 5.26. The molecule has 1 aromatic rings. The summed E-state index contributed by atoms with van der Waals surface area (Å²) in [6, 6.07) is 8.12. The van der Waals surface area contributed by atoms with E-state index in [1.54, 1.807) is 0 Å². The van der Waals surface area contributed by atoms with E-state index in [-0.39, 0.29) is 5.97 Å². The van der Waals surface area contributed by atoms with Gasteiger partial charge < -0.3 is 15.0 Å².